The Hall–Kier alpha value is 0.870. The van der Waals surface area contributed by atoms with Crippen LogP contribution in [0.1, 0.15) is 0 Å². The van der Waals surface area contributed by atoms with Crippen LogP contribution < -0.4 is 0 Å². The van der Waals surface area contributed by atoms with Crippen LogP contribution in [-0.4, -0.2) is 0 Å². The van der Waals surface area contributed by atoms with Gasteiger partial charge in [-0.15, -0.1) is 0 Å². The van der Waals surface area contributed by atoms with Crippen molar-refractivity contribution >= 4 is 0 Å². The standard InChI is InChI=1S/3CH3.Hf/h3*1H3;/q3*-1;. The van der Waals surface area contributed by atoms with Gasteiger partial charge >= 0.3 is 0 Å². The third-order valence-corrected chi connectivity index (χ3v) is 0. The summed E-state index contributed by atoms with van der Waals surface area (Å²) in [5.74, 6) is 0. The van der Waals surface area contributed by atoms with Gasteiger partial charge in [-0.25, -0.2) is 0 Å². The van der Waals surface area contributed by atoms with Gasteiger partial charge in [0, 0.05) is 25.8 Å². The molecule has 0 nitrogen and oxygen atoms in total. The van der Waals surface area contributed by atoms with Gasteiger partial charge in [0.2, 0.25) is 0 Å². The molecule has 0 aliphatic heterocycles. The van der Waals surface area contributed by atoms with E-state index in [9.17, 15) is 0 Å². The Morgan fingerprint density at radius 3 is 0.500 bits per heavy atom. The third kappa shape index (κ3) is 13.3. The molecule has 0 aliphatic rings. The van der Waals surface area contributed by atoms with Crippen molar-refractivity contribution in [2.45, 2.75) is 0 Å². The largest absolute Gasteiger partial charge is 0.358 e. The normalized spacial score (nSPS) is 0. The molecular weight excluding hydrogens is 215 g/mol. The van der Waals surface area contributed by atoms with Crippen molar-refractivity contribution in [2.24, 2.45) is 0 Å². The summed E-state index contributed by atoms with van der Waals surface area (Å²) in [5, 5.41) is 0. The average Bonchev–Trinajstić information content (AvgIpc) is 0. The van der Waals surface area contributed by atoms with E-state index in [0.717, 1.165) is 0 Å². The van der Waals surface area contributed by atoms with E-state index in [2.05, 4.69) is 0 Å². The number of hydrogen-bond donors (Lipinski definition) is 0. The molecule has 0 saturated carbocycles. The zero-order valence-electron chi connectivity index (χ0n) is 3.50. The molecule has 1 heteroatoms. The Labute approximate surface area is 48.4 Å². The topological polar surface area (TPSA) is 0 Å². The maximum Gasteiger partial charge on any atom is 0 e. The summed E-state index contributed by atoms with van der Waals surface area (Å²) in [6.07, 6.45) is 0. The maximum absolute atomic E-state index is 0. The van der Waals surface area contributed by atoms with Gasteiger partial charge in [0.1, 0.15) is 0 Å². The fraction of sp³-hybridized carbons (Fsp3) is 0. The van der Waals surface area contributed by atoms with Crippen LogP contribution in [-0.2, 0) is 25.8 Å². The first-order valence-corrected chi connectivity index (χ1v) is 0. The van der Waals surface area contributed by atoms with E-state index in [0.29, 0.717) is 0 Å². The van der Waals surface area contributed by atoms with Crippen molar-refractivity contribution in [2.75, 3.05) is 0 Å². The van der Waals surface area contributed by atoms with Crippen molar-refractivity contribution in [3.8, 4) is 0 Å². The predicted octanol–water partition coefficient (Wildman–Crippen LogP) is 1.35. The van der Waals surface area contributed by atoms with Crippen molar-refractivity contribution in [3.63, 3.8) is 0 Å². The summed E-state index contributed by atoms with van der Waals surface area (Å²) < 4.78 is 0. The first-order valence-electron chi connectivity index (χ1n) is 0. The van der Waals surface area contributed by atoms with Gasteiger partial charge in [-0.1, -0.05) is 0 Å². The van der Waals surface area contributed by atoms with Gasteiger partial charge < -0.3 is 22.3 Å². The van der Waals surface area contributed by atoms with E-state index in [4.69, 9.17) is 0 Å². The summed E-state index contributed by atoms with van der Waals surface area (Å²) >= 11 is 0. The molecule has 0 fully saturated rings. The van der Waals surface area contributed by atoms with E-state index in [-0.39, 0.29) is 48.1 Å². The fourth-order valence-corrected chi connectivity index (χ4v) is 0. The molecular formula is C3H9Hf-3. The van der Waals surface area contributed by atoms with Crippen LogP contribution in [0.15, 0.2) is 0 Å². The summed E-state index contributed by atoms with van der Waals surface area (Å²) in [4.78, 5) is 0. The Bertz CT molecular complexity index is 3.25. The molecule has 0 saturated heterocycles. The minimum atomic E-state index is 0. The molecule has 4 heavy (non-hydrogen) atoms. The summed E-state index contributed by atoms with van der Waals surface area (Å²) in [6, 6.07) is 0. The van der Waals surface area contributed by atoms with Gasteiger partial charge in [0.05, 0.1) is 0 Å². The summed E-state index contributed by atoms with van der Waals surface area (Å²) in [7, 11) is 0. The van der Waals surface area contributed by atoms with E-state index < -0.39 is 0 Å². The average molecular weight is 224 g/mol. The first kappa shape index (κ1) is 96.3. The van der Waals surface area contributed by atoms with Crippen LogP contribution in [0, 0.1) is 22.3 Å². The Kier molecular flexibility index (Phi) is 1010. The van der Waals surface area contributed by atoms with Crippen molar-refractivity contribution in [3.05, 3.63) is 22.3 Å². The van der Waals surface area contributed by atoms with E-state index in [1.807, 2.05) is 0 Å². The molecule has 0 spiro atoms. The van der Waals surface area contributed by atoms with Crippen LogP contribution >= 0.6 is 0 Å². The SMILES string of the molecule is [CH3-].[CH3-].[CH3-].[Hf]. The summed E-state index contributed by atoms with van der Waals surface area (Å²) in [5.41, 5.74) is 0. The van der Waals surface area contributed by atoms with Crippen molar-refractivity contribution < 1.29 is 25.8 Å². The molecule has 28 valence electrons. The van der Waals surface area contributed by atoms with E-state index in [1.54, 1.807) is 0 Å². The van der Waals surface area contributed by atoms with Crippen LogP contribution in [0.5, 0.6) is 0 Å². The third-order valence-electron chi connectivity index (χ3n) is 0. The monoisotopic (exact) mass is 225 g/mol. The molecule has 0 atom stereocenters. The second kappa shape index (κ2) is 42.1. The van der Waals surface area contributed by atoms with Crippen LogP contribution in [0.3, 0.4) is 0 Å². The molecule has 0 N–H and O–H groups in total. The Balaban J connectivity index is 0. The molecule has 0 aromatic heterocycles. The summed E-state index contributed by atoms with van der Waals surface area (Å²) in [6.45, 7) is 0. The molecule has 0 aromatic carbocycles. The zero-order valence-corrected chi connectivity index (χ0v) is 7.09. The second-order valence-corrected chi connectivity index (χ2v) is 0. The van der Waals surface area contributed by atoms with E-state index in [1.165, 1.54) is 0 Å². The number of rotatable bonds is 0. The molecule has 0 aromatic rings. The minimum absolute atomic E-state index is 0. The predicted molar refractivity (Wildman–Crippen MR) is 19.2 cm³/mol. The van der Waals surface area contributed by atoms with Gasteiger partial charge in [0.15, 0.2) is 0 Å². The minimum Gasteiger partial charge on any atom is -0.358 e. The molecule has 0 unspecified atom stereocenters. The van der Waals surface area contributed by atoms with Crippen LogP contribution in [0.2, 0.25) is 0 Å². The van der Waals surface area contributed by atoms with Crippen LogP contribution in [0.4, 0.5) is 0 Å². The zero-order chi connectivity index (χ0) is 0. The fourth-order valence-electron chi connectivity index (χ4n) is 0. The van der Waals surface area contributed by atoms with Gasteiger partial charge in [-0.05, 0) is 0 Å². The molecule has 0 bridgehead atoms. The second-order valence-electron chi connectivity index (χ2n) is 0. The van der Waals surface area contributed by atoms with Crippen molar-refractivity contribution in [1.82, 2.24) is 0 Å². The molecule has 0 rings (SSSR count). The molecule has 0 heterocycles. The quantitative estimate of drug-likeness (QED) is 0.430. The van der Waals surface area contributed by atoms with E-state index >= 15 is 0 Å². The maximum atomic E-state index is 0. The Morgan fingerprint density at radius 1 is 0.500 bits per heavy atom. The van der Waals surface area contributed by atoms with Gasteiger partial charge in [-0.3, -0.25) is 0 Å². The van der Waals surface area contributed by atoms with Gasteiger partial charge in [0.25, 0.3) is 0 Å². The number of hydrogen-bond acceptors (Lipinski definition) is 0. The molecule has 0 amide bonds. The van der Waals surface area contributed by atoms with Gasteiger partial charge in [-0.2, -0.15) is 0 Å². The Morgan fingerprint density at radius 2 is 0.500 bits per heavy atom. The smallest absolute Gasteiger partial charge is 0 e. The first-order chi connectivity index (χ1) is 0. The molecule has 0 aliphatic carbocycles. The van der Waals surface area contributed by atoms with Crippen LogP contribution in [0.25, 0.3) is 0 Å². The van der Waals surface area contributed by atoms with Crippen molar-refractivity contribution in [1.29, 1.82) is 0 Å². The molecule has 0 radical (unpaired) electrons.